The van der Waals surface area contributed by atoms with E-state index in [-0.39, 0.29) is 43.6 Å². The number of rotatable bonds is 9. The number of nitrogens with zero attached hydrogens (tertiary/aromatic N) is 5. The first-order chi connectivity index (χ1) is 20.7. The second kappa shape index (κ2) is 13.5. The predicted octanol–water partition coefficient (Wildman–Crippen LogP) is 2.63. The Balaban J connectivity index is 1.07. The van der Waals surface area contributed by atoms with E-state index in [4.69, 9.17) is 14.5 Å². The summed E-state index contributed by atoms with van der Waals surface area (Å²) in [6.07, 6.45) is -0.432. The van der Waals surface area contributed by atoms with Crippen LogP contribution in [0.5, 0.6) is 5.75 Å². The highest BCUT2D eigenvalue weighted by atomic mass is 32.2. The number of fused-ring (bicyclic) bond motifs is 1. The van der Waals surface area contributed by atoms with Gasteiger partial charge >= 0.3 is 6.09 Å². The van der Waals surface area contributed by atoms with Gasteiger partial charge in [-0.25, -0.2) is 18.2 Å². The molecule has 2 aliphatic heterocycles. The largest absolute Gasteiger partial charge is 0.494 e. The van der Waals surface area contributed by atoms with E-state index in [2.05, 4.69) is 28.1 Å². The first-order valence-corrected chi connectivity index (χ1v) is 16.7. The zero-order chi connectivity index (χ0) is 30.6. The molecule has 1 aromatic heterocycles. The van der Waals surface area contributed by atoms with Crippen LogP contribution in [0.2, 0.25) is 0 Å². The minimum Gasteiger partial charge on any atom is -0.494 e. The highest BCUT2D eigenvalue weighted by Crippen LogP contribution is 2.36. The van der Waals surface area contributed by atoms with Crippen molar-refractivity contribution in [3.8, 4) is 5.75 Å². The fourth-order valence-electron chi connectivity index (χ4n) is 5.24. The molecule has 232 valence electrons. The number of carbonyl (C=O) groups excluding carboxylic acids is 2. The third-order valence-corrected chi connectivity index (χ3v) is 11.0. The van der Waals surface area contributed by atoms with Crippen molar-refractivity contribution in [3.05, 3.63) is 47.5 Å². The standard InChI is InChI=1S/C29H38N6O6S2/c1-4-41-29(37)34-17-19-35(20-18-34)43(38,39)23-8-6-22(7-9-23)27(36)30-11-12-32-13-15-33(16-14-32)28-31-25-24(40-3)10-5-21(2)26(25)42-28/h5-10H,4,11-20H2,1-3H3,(H,30,36). The summed E-state index contributed by atoms with van der Waals surface area (Å²) in [6, 6.07) is 10.0. The maximum Gasteiger partial charge on any atom is 0.409 e. The maximum absolute atomic E-state index is 13.1. The predicted molar refractivity (Wildman–Crippen MR) is 166 cm³/mol. The summed E-state index contributed by atoms with van der Waals surface area (Å²) < 4.78 is 39.2. The molecular weight excluding hydrogens is 592 g/mol. The van der Waals surface area contributed by atoms with Crippen LogP contribution >= 0.6 is 11.3 Å². The Morgan fingerprint density at radius 3 is 2.33 bits per heavy atom. The Bertz CT molecular complexity index is 1550. The average Bonchev–Trinajstić information content (AvgIpc) is 3.48. The topological polar surface area (TPSA) is 125 Å². The van der Waals surface area contributed by atoms with Crippen molar-refractivity contribution in [1.29, 1.82) is 0 Å². The van der Waals surface area contributed by atoms with Crippen molar-refractivity contribution in [2.45, 2.75) is 18.7 Å². The number of amides is 2. The molecule has 0 spiro atoms. The molecule has 5 rings (SSSR count). The number of sulfonamides is 1. The second-order valence-electron chi connectivity index (χ2n) is 10.5. The van der Waals surface area contributed by atoms with Gasteiger partial charge in [-0.3, -0.25) is 9.69 Å². The molecule has 2 aliphatic rings. The molecule has 3 aromatic rings. The number of benzene rings is 2. The van der Waals surface area contributed by atoms with Crippen LogP contribution in [0, 0.1) is 6.92 Å². The number of thiazole rings is 1. The number of anilines is 1. The van der Waals surface area contributed by atoms with Crippen LogP contribution < -0.4 is 15.0 Å². The van der Waals surface area contributed by atoms with Gasteiger partial charge in [-0.1, -0.05) is 17.4 Å². The normalized spacial score (nSPS) is 16.8. The van der Waals surface area contributed by atoms with Crippen LogP contribution in [0.25, 0.3) is 10.2 Å². The summed E-state index contributed by atoms with van der Waals surface area (Å²) in [5, 5.41) is 3.95. The number of piperazine rings is 2. The number of hydrogen-bond donors (Lipinski definition) is 1. The molecule has 0 aliphatic carbocycles. The van der Waals surface area contributed by atoms with Gasteiger partial charge in [0.25, 0.3) is 5.91 Å². The lowest BCUT2D eigenvalue weighted by Crippen LogP contribution is -2.50. The van der Waals surface area contributed by atoms with E-state index in [0.717, 1.165) is 53.8 Å². The molecule has 12 nitrogen and oxygen atoms in total. The third-order valence-electron chi connectivity index (χ3n) is 7.79. The summed E-state index contributed by atoms with van der Waals surface area (Å²) in [7, 11) is -2.07. The van der Waals surface area contributed by atoms with E-state index < -0.39 is 16.1 Å². The van der Waals surface area contributed by atoms with E-state index in [1.807, 2.05) is 6.07 Å². The number of aryl methyl sites for hydroxylation is 1. The van der Waals surface area contributed by atoms with Crippen LogP contribution in [-0.4, -0.2) is 119 Å². The molecule has 0 saturated carbocycles. The number of methoxy groups -OCH3 is 1. The van der Waals surface area contributed by atoms with Gasteiger partial charge in [0.1, 0.15) is 11.3 Å². The lowest BCUT2D eigenvalue weighted by atomic mass is 10.2. The Morgan fingerprint density at radius 2 is 1.67 bits per heavy atom. The molecule has 2 aromatic carbocycles. The smallest absolute Gasteiger partial charge is 0.409 e. The van der Waals surface area contributed by atoms with Gasteiger partial charge in [-0.15, -0.1) is 0 Å². The summed E-state index contributed by atoms with van der Waals surface area (Å²) in [4.78, 5) is 35.7. The monoisotopic (exact) mass is 630 g/mol. The Kier molecular flexibility index (Phi) is 9.69. The van der Waals surface area contributed by atoms with E-state index in [9.17, 15) is 18.0 Å². The van der Waals surface area contributed by atoms with Crippen molar-refractivity contribution in [2.24, 2.45) is 0 Å². The Labute approximate surface area is 256 Å². The number of ether oxygens (including phenoxy) is 2. The molecule has 2 saturated heterocycles. The average molecular weight is 631 g/mol. The van der Waals surface area contributed by atoms with Crippen LogP contribution in [0.3, 0.4) is 0 Å². The van der Waals surface area contributed by atoms with Crippen molar-refractivity contribution in [1.82, 2.24) is 24.4 Å². The molecule has 0 radical (unpaired) electrons. The minimum absolute atomic E-state index is 0.119. The first-order valence-electron chi connectivity index (χ1n) is 14.4. The van der Waals surface area contributed by atoms with Gasteiger partial charge < -0.3 is 24.6 Å². The van der Waals surface area contributed by atoms with Gasteiger partial charge in [0.2, 0.25) is 10.0 Å². The van der Waals surface area contributed by atoms with E-state index in [1.165, 1.54) is 39.0 Å². The van der Waals surface area contributed by atoms with Crippen molar-refractivity contribution in [3.63, 3.8) is 0 Å². The molecule has 1 N–H and O–H groups in total. The van der Waals surface area contributed by atoms with Crippen LogP contribution in [0.15, 0.2) is 41.3 Å². The summed E-state index contributed by atoms with van der Waals surface area (Å²) >= 11 is 1.69. The molecule has 2 fully saturated rings. The Morgan fingerprint density at radius 1 is 0.977 bits per heavy atom. The van der Waals surface area contributed by atoms with Gasteiger partial charge in [-0.05, 0) is 49.7 Å². The van der Waals surface area contributed by atoms with Gasteiger partial charge in [0, 0.05) is 71.0 Å². The maximum atomic E-state index is 13.1. The minimum atomic E-state index is -3.73. The molecular formula is C29H38N6O6S2. The molecule has 0 atom stereocenters. The van der Waals surface area contributed by atoms with Gasteiger partial charge in [-0.2, -0.15) is 4.31 Å². The molecule has 0 bridgehead atoms. The fourth-order valence-corrected chi connectivity index (χ4v) is 7.77. The molecule has 43 heavy (non-hydrogen) atoms. The molecule has 14 heteroatoms. The highest BCUT2D eigenvalue weighted by Gasteiger charge is 2.30. The van der Waals surface area contributed by atoms with Crippen LogP contribution in [-0.2, 0) is 14.8 Å². The molecule has 0 unspecified atom stereocenters. The van der Waals surface area contributed by atoms with Crippen molar-refractivity contribution >= 4 is 48.7 Å². The number of hydrogen-bond acceptors (Lipinski definition) is 10. The number of nitrogens with one attached hydrogen (secondary N) is 1. The van der Waals surface area contributed by atoms with E-state index >= 15 is 0 Å². The second-order valence-corrected chi connectivity index (χ2v) is 13.4. The van der Waals surface area contributed by atoms with Crippen molar-refractivity contribution < 1.29 is 27.5 Å². The zero-order valence-corrected chi connectivity index (χ0v) is 26.4. The zero-order valence-electron chi connectivity index (χ0n) is 24.7. The van der Waals surface area contributed by atoms with Crippen LogP contribution in [0.1, 0.15) is 22.8 Å². The summed E-state index contributed by atoms with van der Waals surface area (Å²) in [5.74, 6) is 0.545. The van der Waals surface area contributed by atoms with E-state index in [0.29, 0.717) is 12.1 Å². The fraction of sp³-hybridized carbons (Fsp3) is 0.483. The van der Waals surface area contributed by atoms with Crippen LogP contribution in [0.4, 0.5) is 9.93 Å². The quantitative estimate of drug-likeness (QED) is 0.380. The van der Waals surface area contributed by atoms with Gasteiger partial charge in [0.05, 0.1) is 23.3 Å². The lowest BCUT2D eigenvalue weighted by Gasteiger charge is -2.34. The summed E-state index contributed by atoms with van der Waals surface area (Å²) in [5.41, 5.74) is 2.50. The molecule has 2 amide bonds. The number of aromatic nitrogens is 1. The lowest BCUT2D eigenvalue weighted by molar-refractivity contribution is 0.0932. The third kappa shape index (κ3) is 6.87. The first kappa shape index (κ1) is 31.0. The Hall–Kier alpha value is -3.46. The van der Waals surface area contributed by atoms with E-state index in [1.54, 1.807) is 25.4 Å². The SMILES string of the molecule is CCOC(=O)N1CCN(S(=O)(=O)c2ccc(C(=O)NCCN3CCN(c4nc5c(OC)ccc(C)c5s4)CC3)cc2)CC1. The summed E-state index contributed by atoms with van der Waals surface area (Å²) in [6.45, 7) is 9.64. The van der Waals surface area contributed by atoms with Gasteiger partial charge in [0.15, 0.2) is 5.13 Å². The van der Waals surface area contributed by atoms with Crippen molar-refractivity contribution in [2.75, 3.05) is 84.1 Å². The number of carbonyl (C=O) groups is 2. The highest BCUT2D eigenvalue weighted by molar-refractivity contribution is 7.89. The molecule has 3 heterocycles.